The zero-order valence-electron chi connectivity index (χ0n) is 12.7. The number of nitrogens with one attached hydrogen (secondary N) is 1. The molecule has 1 atom stereocenters. The lowest BCUT2D eigenvalue weighted by Gasteiger charge is -2.26. The summed E-state index contributed by atoms with van der Waals surface area (Å²) in [5.41, 5.74) is -1.57. The van der Waals surface area contributed by atoms with Crippen LogP contribution < -0.4 is 14.8 Å². The third kappa shape index (κ3) is 4.01. The van der Waals surface area contributed by atoms with Gasteiger partial charge in [0, 0.05) is 0 Å². The molecule has 7 heteroatoms. The molecule has 1 aromatic heterocycles. The van der Waals surface area contributed by atoms with Crippen molar-refractivity contribution in [2.45, 2.75) is 12.5 Å². The number of amides is 1. The van der Waals surface area contributed by atoms with Gasteiger partial charge in [-0.3, -0.25) is 4.79 Å². The Hall–Kier alpha value is -2.54. The average Bonchev–Trinajstić information content (AvgIpc) is 3.02. The lowest BCUT2D eigenvalue weighted by molar-refractivity contribution is -0.145. The standard InChI is InChI=1S/C16H17NO5S/c1-16(15(19)20,10-22-11-6-4-3-5-7-11)17-14(18)13-12(21-2)8-9-23-13/h3-9H,10H2,1-2H3,(H,17,18)(H,19,20)/t16-/m0/s1. The minimum atomic E-state index is -1.57. The summed E-state index contributed by atoms with van der Waals surface area (Å²) in [6.07, 6.45) is 0. The van der Waals surface area contributed by atoms with E-state index in [1.807, 2.05) is 6.07 Å². The fourth-order valence-electron chi connectivity index (χ4n) is 1.83. The summed E-state index contributed by atoms with van der Waals surface area (Å²) >= 11 is 1.18. The second-order valence-corrected chi connectivity index (χ2v) is 5.93. The zero-order chi connectivity index (χ0) is 16.9. The number of hydrogen-bond donors (Lipinski definition) is 2. The predicted octanol–water partition coefficient (Wildman–Crippen LogP) is 2.41. The first kappa shape index (κ1) is 16.8. The Morgan fingerprint density at radius 1 is 1.26 bits per heavy atom. The number of hydrogen-bond acceptors (Lipinski definition) is 5. The first-order valence-corrected chi connectivity index (χ1v) is 7.69. The zero-order valence-corrected chi connectivity index (χ0v) is 13.6. The van der Waals surface area contributed by atoms with Gasteiger partial charge < -0.3 is 19.9 Å². The van der Waals surface area contributed by atoms with E-state index in [0.29, 0.717) is 16.4 Å². The highest BCUT2D eigenvalue weighted by Gasteiger charge is 2.37. The van der Waals surface area contributed by atoms with Crippen molar-refractivity contribution >= 4 is 23.2 Å². The molecule has 0 aliphatic carbocycles. The maximum Gasteiger partial charge on any atom is 0.332 e. The average molecular weight is 335 g/mol. The van der Waals surface area contributed by atoms with Crippen molar-refractivity contribution < 1.29 is 24.2 Å². The number of aliphatic carboxylic acids is 1. The summed E-state index contributed by atoms with van der Waals surface area (Å²) in [5, 5.41) is 13.7. The molecule has 0 fully saturated rings. The summed E-state index contributed by atoms with van der Waals surface area (Å²) in [5.74, 6) is -0.761. The van der Waals surface area contributed by atoms with Crippen LogP contribution in [0, 0.1) is 0 Å². The molecule has 0 bridgehead atoms. The lowest BCUT2D eigenvalue weighted by Crippen LogP contribution is -2.56. The van der Waals surface area contributed by atoms with Crippen LogP contribution in [0.15, 0.2) is 41.8 Å². The number of carboxylic acid groups (broad SMARTS) is 1. The normalized spacial score (nSPS) is 13.0. The number of methoxy groups -OCH3 is 1. The third-order valence-corrected chi connectivity index (χ3v) is 4.08. The molecule has 1 amide bonds. The van der Waals surface area contributed by atoms with Crippen LogP contribution in [0.2, 0.25) is 0 Å². The van der Waals surface area contributed by atoms with Crippen molar-refractivity contribution in [3.8, 4) is 11.5 Å². The van der Waals surface area contributed by atoms with Crippen molar-refractivity contribution in [3.05, 3.63) is 46.7 Å². The van der Waals surface area contributed by atoms with E-state index in [0.717, 1.165) is 0 Å². The molecule has 6 nitrogen and oxygen atoms in total. The molecule has 2 rings (SSSR count). The molecule has 122 valence electrons. The van der Waals surface area contributed by atoms with Crippen LogP contribution in [0.4, 0.5) is 0 Å². The first-order valence-electron chi connectivity index (χ1n) is 6.81. The lowest BCUT2D eigenvalue weighted by atomic mass is 10.0. The number of carboxylic acids is 1. The minimum absolute atomic E-state index is 0.203. The molecule has 23 heavy (non-hydrogen) atoms. The number of ether oxygens (including phenoxy) is 2. The van der Waals surface area contributed by atoms with Gasteiger partial charge in [0.2, 0.25) is 0 Å². The van der Waals surface area contributed by atoms with Gasteiger partial charge in [0.15, 0.2) is 5.54 Å². The Morgan fingerprint density at radius 2 is 1.96 bits per heavy atom. The monoisotopic (exact) mass is 335 g/mol. The van der Waals surface area contributed by atoms with E-state index in [2.05, 4.69) is 5.32 Å². The van der Waals surface area contributed by atoms with E-state index < -0.39 is 17.4 Å². The molecule has 0 saturated carbocycles. The van der Waals surface area contributed by atoms with Gasteiger partial charge in [0.1, 0.15) is 23.0 Å². The van der Waals surface area contributed by atoms with Gasteiger partial charge >= 0.3 is 5.97 Å². The predicted molar refractivity (Wildman–Crippen MR) is 86.3 cm³/mol. The number of thiophene rings is 1. The van der Waals surface area contributed by atoms with E-state index in [9.17, 15) is 14.7 Å². The summed E-state index contributed by atoms with van der Waals surface area (Å²) in [7, 11) is 1.45. The van der Waals surface area contributed by atoms with Crippen LogP contribution in [0.5, 0.6) is 11.5 Å². The van der Waals surface area contributed by atoms with Crippen molar-refractivity contribution in [1.29, 1.82) is 0 Å². The Labute approximate surface area is 137 Å². The molecule has 0 aliphatic rings. The van der Waals surface area contributed by atoms with Crippen molar-refractivity contribution in [3.63, 3.8) is 0 Å². The number of carbonyl (C=O) groups is 2. The molecular weight excluding hydrogens is 318 g/mol. The minimum Gasteiger partial charge on any atom is -0.495 e. The molecule has 0 saturated heterocycles. The van der Waals surface area contributed by atoms with E-state index in [1.165, 1.54) is 25.4 Å². The third-order valence-electron chi connectivity index (χ3n) is 3.19. The second kappa shape index (κ2) is 7.15. The van der Waals surface area contributed by atoms with E-state index in [4.69, 9.17) is 9.47 Å². The first-order chi connectivity index (χ1) is 11.0. The molecule has 2 N–H and O–H groups in total. The molecular formula is C16H17NO5S. The SMILES string of the molecule is COc1ccsc1C(=O)N[C@@](C)(COc1ccccc1)C(=O)O. The van der Waals surface area contributed by atoms with Gasteiger partial charge in [-0.05, 0) is 30.5 Å². The summed E-state index contributed by atoms with van der Waals surface area (Å²) in [6.45, 7) is 1.20. The maximum atomic E-state index is 12.3. The summed E-state index contributed by atoms with van der Waals surface area (Å²) < 4.78 is 10.6. The highest BCUT2D eigenvalue weighted by Crippen LogP contribution is 2.25. The van der Waals surface area contributed by atoms with E-state index in [-0.39, 0.29) is 6.61 Å². The number of rotatable bonds is 7. The van der Waals surface area contributed by atoms with E-state index >= 15 is 0 Å². The number of carbonyl (C=O) groups excluding carboxylic acids is 1. The Kier molecular flexibility index (Phi) is 5.23. The molecule has 0 unspecified atom stereocenters. The highest BCUT2D eigenvalue weighted by molar-refractivity contribution is 7.12. The van der Waals surface area contributed by atoms with Crippen molar-refractivity contribution in [2.75, 3.05) is 13.7 Å². The molecule has 0 aliphatic heterocycles. The number of para-hydroxylation sites is 1. The van der Waals surface area contributed by atoms with Gasteiger partial charge in [-0.15, -0.1) is 11.3 Å². The van der Waals surface area contributed by atoms with E-state index in [1.54, 1.807) is 35.7 Å². The second-order valence-electron chi connectivity index (χ2n) is 5.01. The molecule has 1 aromatic carbocycles. The molecule has 2 aromatic rings. The van der Waals surface area contributed by atoms with Crippen LogP contribution in [-0.4, -0.2) is 36.2 Å². The quantitative estimate of drug-likeness (QED) is 0.812. The fourth-order valence-corrected chi connectivity index (χ4v) is 2.58. The topological polar surface area (TPSA) is 84.9 Å². The van der Waals surface area contributed by atoms with Gasteiger partial charge in [-0.2, -0.15) is 0 Å². The van der Waals surface area contributed by atoms with Gasteiger partial charge in [-0.25, -0.2) is 4.79 Å². The smallest absolute Gasteiger partial charge is 0.332 e. The Bertz CT molecular complexity index is 685. The molecule has 0 radical (unpaired) electrons. The Balaban J connectivity index is 2.11. The van der Waals surface area contributed by atoms with Crippen molar-refractivity contribution in [1.82, 2.24) is 5.32 Å². The van der Waals surface area contributed by atoms with Gasteiger partial charge in [0.25, 0.3) is 5.91 Å². The van der Waals surface area contributed by atoms with Crippen LogP contribution in [0.25, 0.3) is 0 Å². The van der Waals surface area contributed by atoms with Crippen LogP contribution >= 0.6 is 11.3 Å². The Morgan fingerprint density at radius 3 is 2.57 bits per heavy atom. The van der Waals surface area contributed by atoms with Gasteiger partial charge in [0.05, 0.1) is 7.11 Å². The van der Waals surface area contributed by atoms with Crippen molar-refractivity contribution in [2.24, 2.45) is 0 Å². The van der Waals surface area contributed by atoms with Crippen LogP contribution in [0.1, 0.15) is 16.6 Å². The largest absolute Gasteiger partial charge is 0.495 e. The van der Waals surface area contributed by atoms with Crippen LogP contribution in [0.3, 0.4) is 0 Å². The maximum absolute atomic E-state index is 12.3. The molecule has 0 spiro atoms. The molecule has 1 heterocycles. The van der Waals surface area contributed by atoms with Crippen LogP contribution in [-0.2, 0) is 4.79 Å². The summed E-state index contributed by atoms with van der Waals surface area (Å²) in [4.78, 5) is 24.2. The highest BCUT2D eigenvalue weighted by atomic mass is 32.1. The number of benzene rings is 1. The summed E-state index contributed by atoms with van der Waals surface area (Å²) in [6, 6.07) is 10.5. The fraction of sp³-hybridized carbons (Fsp3) is 0.250. The van der Waals surface area contributed by atoms with Gasteiger partial charge in [-0.1, -0.05) is 18.2 Å².